The van der Waals surface area contributed by atoms with E-state index in [1.54, 1.807) is 6.07 Å². The normalized spacial score (nSPS) is 13.0. The maximum atomic E-state index is 10.4. The van der Waals surface area contributed by atoms with Gasteiger partial charge < -0.3 is 9.47 Å². The monoisotopic (exact) mass is 916 g/mol. The van der Waals surface area contributed by atoms with Gasteiger partial charge in [-0.1, -0.05) is 194 Å². The summed E-state index contributed by atoms with van der Waals surface area (Å²) in [4.78, 5) is 2.26. The van der Waals surface area contributed by atoms with E-state index in [0.29, 0.717) is 11.1 Å². The van der Waals surface area contributed by atoms with Crippen molar-refractivity contribution in [2.75, 3.05) is 4.90 Å². The first-order valence-corrected chi connectivity index (χ1v) is 24.5. The summed E-state index contributed by atoms with van der Waals surface area (Å²) in [6.07, 6.45) is 5.54. The van der Waals surface area contributed by atoms with Crippen molar-refractivity contribution in [3.05, 3.63) is 271 Å². The molecule has 0 saturated heterocycles. The topological polar surface area (TPSA) is 55.8 Å². The predicted octanol–water partition coefficient (Wildman–Crippen LogP) is 17.7. The number of hydrogen-bond donors (Lipinski definition) is 0. The molecule has 0 aliphatic heterocycles. The Labute approximate surface area is 418 Å². The number of hydrogen-bond acceptors (Lipinski definition) is 3. The highest BCUT2D eigenvalue weighted by Crippen LogP contribution is 2.49. The summed E-state index contributed by atoms with van der Waals surface area (Å²) in [5.74, 6) is 0.244. The van der Waals surface area contributed by atoms with E-state index in [4.69, 9.17) is 0 Å². The zero-order chi connectivity index (χ0) is 48.1. The van der Waals surface area contributed by atoms with Crippen LogP contribution in [-0.2, 0) is 6.42 Å². The minimum absolute atomic E-state index is 0.244. The third-order valence-corrected chi connectivity index (χ3v) is 14.5. The van der Waals surface area contributed by atoms with Gasteiger partial charge in [0.15, 0.2) is 0 Å². The number of benzene rings is 11. The second kappa shape index (κ2) is 17.7. The Morgan fingerprint density at radius 1 is 0.444 bits per heavy atom. The van der Waals surface area contributed by atoms with Gasteiger partial charge >= 0.3 is 0 Å². The Kier molecular flexibility index (Phi) is 10.4. The van der Waals surface area contributed by atoms with Gasteiger partial charge in [0.25, 0.3) is 0 Å². The molecule has 336 valence electrons. The molecule has 1 aliphatic rings. The van der Waals surface area contributed by atoms with E-state index < -0.39 is 0 Å². The van der Waals surface area contributed by atoms with Gasteiger partial charge in [0.2, 0.25) is 0 Å². The Morgan fingerprint density at radius 2 is 1.04 bits per heavy atom. The molecule has 1 atom stereocenters. The Bertz CT molecular complexity index is 4110. The molecule has 72 heavy (non-hydrogen) atoms. The molecule has 0 bridgehead atoms. The second-order valence-electron chi connectivity index (χ2n) is 18.6. The highest BCUT2D eigenvalue weighted by Gasteiger charge is 2.27. The van der Waals surface area contributed by atoms with Gasteiger partial charge in [-0.25, -0.2) is 0 Å². The third kappa shape index (κ3) is 7.22. The lowest BCUT2D eigenvalue weighted by molar-refractivity contribution is 0.825. The Balaban J connectivity index is 1.02. The summed E-state index contributed by atoms with van der Waals surface area (Å²) in [5.41, 5.74) is 16.3. The zero-order valence-corrected chi connectivity index (χ0v) is 39.2. The molecule has 12 aromatic rings. The first-order valence-electron chi connectivity index (χ1n) is 24.5. The minimum atomic E-state index is 0.244. The molecule has 0 amide bonds. The number of fused-ring (bicyclic) bond motifs is 6. The van der Waals surface area contributed by atoms with Crippen LogP contribution in [0, 0.1) is 22.7 Å². The fourth-order valence-electron chi connectivity index (χ4n) is 11.3. The van der Waals surface area contributed by atoms with Gasteiger partial charge in [0.1, 0.15) is 0 Å². The largest absolute Gasteiger partial charge is 0.310 e. The summed E-state index contributed by atoms with van der Waals surface area (Å²) in [5, 5.41) is 28.8. The molecule has 13 rings (SSSR count). The van der Waals surface area contributed by atoms with E-state index in [9.17, 15) is 10.5 Å². The van der Waals surface area contributed by atoms with Crippen LogP contribution in [-0.4, -0.2) is 4.57 Å². The fraction of sp³-hybridized carbons (Fsp3) is 0.0294. The molecule has 0 saturated carbocycles. The standard InChI is InChI=1S/C68H44N4/c69-43-45-37-46(44-70)39-56(38-45)71(68-61-26-11-9-24-59(61)67(60-25-10-12-27-62(60)68)51-31-29-50(30-32-51)58-28-13-20-49-19-7-8-23-57(49)58)54-21-14-22-55(42-54)72-65-35-33-52(47-15-3-1-4-16-47)40-63(65)64-41-53(34-36-66(64)72)48-17-5-2-6-18-48/h1-40,42,53H,41H2. The van der Waals surface area contributed by atoms with Crippen molar-refractivity contribution in [1.29, 1.82) is 10.5 Å². The molecule has 1 aromatic heterocycles. The van der Waals surface area contributed by atoms with Gasteiger partial charge in [-0.15, -0.1) is 0 Å². The van der Waals surface area contributed by atoms with E-state index in [-0.39, 0.29) is 5.92 Å². The van der Waals surface area contributed by atoms with Gasteiger partial charge in [0, 0.05) is 44.8 Å². The van der Waals surface area contributed by atoms with Crippen molar-refractivity contribution in [3.63, 3.8) is 0 Å². The van der Waals surface area contributed by atoms with Crippen molar-refractivity contribution in [3.8, 4) is 51.2 Å². The number of allylic oxidation sites excluding steroid dienone is 1. The zero-order valence-electron chi connectivity index (χ0n) is 39.2. The van der Waals surface area contributed by atoms with E-state index in [2.05, 4.69) is 252 Å². The van der Waals surface area contributed by atoms with Crippen molar-refractivity contribution in [1.82, 2.24) is 4.57 Å². The third-order valence-electron chi connectivity index (χ3n) is 14.5. The predicted molar refractivity (Wildman–Crippen MR) is 298 cm³/mol. The summed E-state index contributed by atoms with van der Waals surface area (Å²) >= 11 is 0. The minimum Gasteiger partial charge on any atom is -0.310 e. The highest BCUT2D eigenvalue weighted by molar-refractivity contribution is 6.22. The van der Waals surface area contributed by atoms with Crippen LogP contribution in [0.1, 0.15) is 33.9 Å². The average molecular weight is 917 g/mol. The summed E-state index contributed by atoms with van der Waals surface area (Å²) in [6.45, 7) is 0. The maximum Gasteiger partial charge on any atom is 0.0992 e. The molecule has 4 heteroatoms. The molecule has 4 nitrogen and oxygen atoms in total. The van der Waals surface area contributed by atoms with Crippen molar-refractivity contribution < 1.29 is 0 Å². The van der Waals surface area contributed by atoms with E-state index in [0.717, 1.165) is 78.6 Å². The van der Waals surface area contributed by atoms with Crippen LogP contribution in [0.3, 0.4) is 0 Å². The summed E-state index contributed by atoms with van der Waals surface area (Å²) < 4.78 is 2.41. The quantitative estimate of drug-likeness (QED) is 0.143. The van der Waals surface area contributed by atoms with Crippen LogP contribution in [0.5, 0.6) is 0 Å². The van der Waals surface area contributed by atoms with Gasteiger partial charge in [-0.05, 0) is 127 Å². The fourth-order valence-corrected chi connectivity index (χ4v) is 11.3. The molecular weight excluding hydrogens is 873 g/mol. The number of anilines is 3. The first kappa shape index (κ1) is 42.4. The first-order chi connectivity index (χ1) is 35.6. The van der Waals surface area contributed by atoms with Crippen LogP contribution >= 0.6 is 0 Å². The lowest BCUT2D eigenvalue weighted by atomic mass is 9.86. The van der Waals surface area contributed by atoms with Crippen LogP contribution < -0.4 is 4.90 Å². The Hall–Kier alpha value is -9.74. The van der Waals surface area contributed by atoms with Crippen molar-refractivity contribution in [2.45, 2.75) is 12.3 Å². The van der Waals surface area contributed by atoms with Crippen LogP contribution in [0.2, 0.25) is 0 Å². The molecular formula is C68H44N4. The number of aromatic nitrogens is 1. The Morgan fingerprint density at radius 3 is 1.75 bits per heavy atom. The second-order valence-corrected chi connectivity index (χ2v) is 18.6. The number of nitrogens with zero attached hydrogens (tertiary/aromatic N) is 4. The smallest absolute Gasteiger partial charge is 0.0992 e. The van der Waals surface area contributed by atoms with E-state index >= 15 is 0 Å². The number of nitriles is 2. The molecule has 11 aromatic carbocycles. The number of rotatable bonds is 8. The van der Waals surface area contributed by atoms with Crippen LogP contribution in [0.15, 0.2) is 243 Å². The molecule has 1 unspecified atom stereocenters. The highest BCUT2D eigenvalue weighted by atomic mass is 15.1. The molecule has 1 aliphatic carbocycles. The molecule has 0 spiro atoms. The van der Waals surface area contributed by atoms with Crippen LogP contribution in [0.25, 0.3) is 88.4 Å². The summed E-state index contributed by atoms with van der Waals surface area (Å²) in [7, 11) is 0. The maximum absolute atomic E-state index is 10.4. The van der Waals surface area contributed by atoms with Gasteiger partial charge in [-0.3, -0.25) is 0 Å². The lowest BCUT2D eigenvalue weighted by Crippen LogP contribution is -2.13. The van der Waals surface area contributed by atoms with Crippen LogP contribution in [0.4, 0.5) is 17.1 Å². The average Bonchev–Trinajstić information content (AvgIpc) is 3.78. The summed E-state index contributed by atoms with van der Waals surface area (Å²) in [6, 6.07) is 88.5. The molecule has 0 radical (unpaired) electrons. The van der Waals surface area contributed by atoms with Crippen molar-refractivity contribution in [2.24, 2.45) is 0 Å². The van der Waals surface area contributed by atoms with Gasteiger partial charge in [-0.2, -0.15) is 10.5 Å². The van der Waals surface area contributed by atoms with Gasteiger partial charge in [0.05, 0.1) is 34.5 Å². The molecule has 1 heterocycles. The van der Waals surface area contributed by atoms with E-state index in [1.165, 1.54) is 44.0 Å². The SMILES string of the molecule is N#Cc1cc(C#N)cc(N(c2cccc(-n3c4c(c5cc(-c6ccccc6)ccc53)CC(c3ccccc3)C=C4)c2)c2c3ccccc3c(-c3ccc(-c4cccc5ccccc45)cc3)c3ccccc23)c1. The molecule has 0 N–H and O–H groups in total. The van der Waals surface area contributed by atoms with E-state index in [1.807, 2.05) is 12.1 Å². The van der Waals surface area contributed by atoms with Crippen molar-refractivity contribution >= 4 is 66.4 Å². The molecule has 0 fully saturated rings. The lowest BCUT2D eigenvalue weighted by Gasteiger charge is -2.30.